The third-order valence-corrected chi connectivity index (χ3v) is 7.42. The summed E-state index contributed by atoms with van der Waals surface area (Å²) in [5, 5.41) is 9.12. The molecular formula is C16H32F6N2O5S2. The zero-order valence-electron chi connectivity index (χ0n) is 17.8. The molecule has 0 fully saturated rings. The first kappa shape index (κ1) is 32.5. The summed E-state index contributed by atoms with van der Waals surface area (Å²) < 4.78 is 110. The fourth-order valence-corrected chi connectivity index (χ4v) is 4.33. The molecule has 190 valence electrons. The van der Waals surface area contributed by atoms with E-state index in [9.17, 15) is 43.2 Å². The van der Waals surface area contributed by atoms with Crippen molar-refractivity contribution in [3.05, 3.63) is 4.13 Å². The Labute approximate surface area is 180 Å². The maximum atomic E-state index is 11.4. The minimum atomic E-state index is -6.72. The average Bonchev–Trinajstić information content (AvgIpc) is 2.61. The topological polar surface area (TPSA) is 103 Å². The molecule has 0 aromatic rings. The molecule has 15 heteroatoms. The van der Waals surface area contributed by atoms with Crippen molar-refractivity contribution in [2.45, 2.75) is 70.3 Å². The number of aliphatic hydroxyl groups excluding tert-OH is 1. The summed E-state index contributed by atoms with van der Waals surface area (Å²) in [5.74, 6) is 0. The third kappa shape index (κ3) is 12.2. The number of rotatable bonds is 13. The van der Waals surface area contributed by atoms with Crippen LogP contribution < -0.4 is 0 Å². The second kappa shape index (κ2) is 13.8. The standard InChI is InChI=1S/C14H32NO.C2F6NO4S2/c1-4-7-8-9-10-11-12-15(5-2,6-3)13-14-16;3-1(4,5)14(10,11)9-15(12,13)2(6,7)8/h16H,4-14H2,1-3H3;/q+1;-1. The van der Waals surface area contributed by atoms with E-state index in [-0.39, 0.29) is 0 Å². The van der Waals surface area contributed by atoms with Gasteiger partial charge in [0.05, 0.1) is 26.2 Å². The number of hydrogen-bond acceptors (Lipinski definition) is 5. The van der Waals surface area contributed by atoms with E-state index in [2.05, 4.69) is 20.8 Å². The Hall–Kier alpha value is -0.640. The lowest BCUT2D eigenvalue weighted by Crippen LogP contribution is -2.50. The van der Waals surface area contributed by atoms with Crippen LogP contribution in [0.3, 0.4) is 0 Å². The van der Waals surface area contributed by atoms with Crippen LogP contribution in [-0.4, -0.2) is 70.2 Å². The van der Waals surface area contributed by atoms with E-state index in [0.717, 1.165) is 28.2 Å². The number of quaternary nitrogens is 1. The molecule has 0 aliphatic carbocycles. The van der Waals surface area contributed by atoms with Crippen molar-refractivity contribution in [2.75, 3.05) is 32.8 Å². The molecule has 0 spiro atoms. The van der Waals surface area contributed by atoms with Gasteiger partial charge in [-0.25, -0.2) is 16.8 Å². The monoisotopic (exact) mass is 510 g/mol. The van der Waals surface area contributed by atoms with E-state index >= 15 is 0 Å². The van der Waals surface area contributed by atoms with Crippen molar-refractivity contribution in [3.63, 3.8) is 0 Å². The molecule has 0 aromatic carbocycles. The van der Waals surface area contributed by atoms with Crippen LogP contribution in [0.5, 0.6) is 0 Å². The van der Waals surface area contributed by atoms with Gasteiger partial charge in [0, 0.05) is 0 Å². The molecule has 0 aliphatic rings. The molecule has 0 atom stereocenters. The quantitative estimate of drug-likeness (QED) is 0.227. The van der Waals surface area contributed by atoms with Gasteiger partial charge in [-0.15, -0.1) is 0 Å². The second-order valence-corrected chi connectivity index (χ2v) is 10.3. The van der Waals surface area contributed by atoms with Gasteiger partial charge >= 0.3 is 11.0 Å². The number of sulfonamides is 2. The Kier molecular flexibility index (Phi) is 14.5. The van der Waals surface area contributed by atoms with E-state index in [1.165, 1.54) is 45.1 Å². The van der Waals surface area contributed by atoms with Gasteiger partial charge in [-0.05, 0) is 26.7 Å². The van der Waals surface area contributed by atoms with Gasteiger partial charge in [0.2, 0.25) is 0 Å². The number of hydrogen-bond donors (Lipinski definition) is 1. The van der Waals surface area contributed by atoms with Gasteiger partial charge in [-0.3, -0.25) is 0 Å². The number of halogens is 6. The van der Waals surface area contributed by atoms with E-state index in [1.54, 1.807) is 0 Å². The van der Waals surface area contributed by atoms with Crippen molar-refractivity contribution >= 4 is 20.0 Å². The van der Waals surface area contributed by atoms with E-state index in [4.69, 9.17) is 5.11 Å². The summed E-state index contributed by atoms with van der Waals surface area (Å²) in [7, 11) is -13.4. The van der Waals surface area contributed by atoms with Gasteiger partial charge in [-0.2, -0.15) is 26.3 Å². The third-order valence-electron chi connectivity index (χ3n) is 4.68. The summed E-state index contributed by atoms with van der Waals surface area (Å²) in [6.07, 6.45) is 8.19. The number of alkyl halides is 6. The molecule has 0 radical (unpaired) electrons. The predicted molar refractivity (Wildman–Crippen MR) is 105 cm³/mol. The first-order valence-electron chi connectivity index (χ1n) is 9.78. The fraction of sp³-hybridized carbons (Fsp3) is 1.00. The summed E-state index contributed by atoms with van der Waals surface area (Å²) in [4.78, 5) is 0. The maximum Gasteiger partial charge on any atom is 0.480 e. The van der Waals surface area contributed by atoms with Crippen LogP contribution >= 0.6 is 0 Å². The second-order valence-electron chi connectivity index (χ2n) is 6.83. The highest BCUT2D eigenvalue weighted by Crippen LogP contribution is 2.36. The zero-order chi connectivity index (χ0) is 25.0. The molecule has 1 N–H and O–H groups in total. The van der Waals surface area contributed by atoms with Crippen molar-refractivity contribution in [1.29, 1.82) is 0 Å². The normalized spacial score (nSPS) is 13.6. The molecule has 0 amide bonds. The van der Waals surface area contributed by atoms with Crippen LogP contribution in [0.15, 0.2) is 0 Å². The van der Waals surface area contributed by atoms with Crippen LogP contribution in [0.4, 0.5) is 26.3 Å². The summed E-state index contributed by atoms with van der Waals surface area (Å²) in [6, 6.07) is 0. The molecule has 7 nitrogen and oxygen atoms in total. The molecule has 0 bridgehead atoms. The van der Waals surface area contributed by atoms with Crippen LogP contribution in [0.1, 0.15) is 59.3 Å². The van der Waals surface area contributed by atoms with Gasteiger partial charge < -0.3 is 13.7 Å². The highest BCUT2D eigenvalue weighted by molar-refractivity contribution is 8.13. The number of likely N-dealkylation sites (N-methyl/N-ethyl adjacent to an activating group) is 1. The van der Waals surface area contributed by atoms with Crippen molar-refractivity contribution in [1.82, 2.24) is 0 Å². The molecule has 0 unspecified atom stereocenters. The lowest BCUT2D eigenvalue weighted by Gasteiger charge is -2.36. The van der Waals surface area contributed by atoms with Crippen molar-refractivity contribution in [2.24, 2.45) is 0 Å². The Balaban J connectivity index is 0. The van der Waals surface area contributed by atoms with Gasteiger partial charge in [-0.1, -0.05) is 32.6 Å². The summed E-state index contributed by atoms with van der Waals surface area (Å²) in [6.45, 7) is 11.6. The van der Waals surface area contributed by atoms with Gasteiger partial charge in [0.1, 0.15) is 6.54 Å². The highest BCUT2D eigenvalue weighted by atomic mass is 32.3. The fourth-order valence-electron chi connectivity index (χ4n) is 2.62. The summed E-state index contributed by atoms with van der Waals surface area (Å²) in [5.41, 5.74) is -12.4. The first-order chi connectivity index (χ1) is 13.9. The zero-order valence-corrected chi connectivity index (χ0v) is 19.5. The molecule has 0 rings (SSSR count). The lowest BCUT2D eigenvalue weighted by molar-refractivity contribution is -0.925. The Morgan fingerprint density at radius 3 is 1.42 bits per heavy atom. The van der Waals surface area contributed by atoms with Crippen molar-refractivity contribution < 1.29 is 52.8 Å². The van der Waals surface area contributed by atoms with Gasteiger partial charge in [0.15, 0.2) is 20.0 Å². The van der Waals surface area contributed by atoms with Crippen molar-refractivity contribution in [3.8, 4) is 0 Å². The van der Waals surface area contributed by atoms with Crippen LogP contribution in [-0.2, 0) is 20.0 Å². The summed E-state index contributed by atoms with van der Waals surface area (Å²) >= 11 is 0. The molecule has 0 saturated heterocycles. The SMILES string of the molecule is CCCCCCCC[N+](CC)(CC)CCO.O=S(=O)([N-]S(=O)(=O)C(F)(F)F)C(F)(F)F. The number of aliphatic hydroxyl groups is 1. The molecule has 0 heterocycles. The van der Waals surface area contributed by atoms with Crippen LogP contribution in [0.2, 0.25) is 0 Å². The van der Waals surface area contributed by atoms with E-state index < -0.39 is 31.1 Å². The minimum absolute atomic E-state index is 0.331. The Morgan fingerprint density at radius 1 is 0.710 bits per heavy atom. The number of unbranched alkanes of at least 4 members (excludes halogenated alkanes) is 5. The van der Waals surface area contributed by atoms with E-state index in [0.29, 0.717) is 6.61 Å². The van der Waals surface area contributed by atoms with E-state index in [1.807, 2.05) is 0 Å². The molecule has 0 aliphatic heterocycles. The predicted octanol–water partition coefficient (Wildman–Crippen LogP) is 4.26. The van der Waals surface area contributed by atoms with Crippen LogP contribution in [0.25, 0.3) is 4.13 Å². The molecule has 0 saturated carbocycles. The largest absolute Gasteiger partial charge is 0.480 e. The lowest BCUT2D eigenvalue weighted by atomic mass is 10.1. The number of nitrogens with zero attached hydrogens (tertiary/aromatic N) is 2. The molecule has 31 heavy (non-hydrogen) atoms. The minimum Gasteiger partial charge on any atom is -0.421 e. The first-order valence-corrected chi connectivity index (χ1v) is 12.7. The Morgan fingerprint density at radius 2 is 1.10 bits per heavy atom. The highest BCUT2D eigenvalue weighted by Gasteiger charge is 2.46. The molecule has 0 aromatic heterocycles. The Bertz CT molecular complexity index is 648. The molecular weight excluding hydrogens is 478 g/mol. The van der Waals surface area contributed by atoms with Crippen LogP contribution in [0, 0.1) is 0 Å². The maximum absolute atomic E-state index is 11.4. The smallest absolute Gasteiger partial charge is 0.421 e. The van der Waals surface area contributed by atoms with Gasteiger partial charge in [0.25, 0.3) is 0 Å². The average molecular weight is 511 g/mol.